The molecular weight excluding hydrogens is 376 g/mol. The number of thiocarbonyl (C=S) groups is 1. The van der Waals surface area contributed by atoms with Crippen molar-refractivity contribution in [2.45, 2.75) is 31.2 Å². The first-order valence-corrected chi connectivity index (χ1v) is 9.76. The zero-order valence-corrected chi connectivity index (χ0v) is 16.9. The minimum absolute atomic E-state index is 0.222. The predicted octanol–water partition coefficient (Wildman–Crippen LogP) is 4.19. The first-order chi connectivity index (χ1) is 13.6. The number of fused-ring (bicyclic) bond motifs is 1. The maximum atomic E-state index is 5.63. The number of rotatable bonds is 5. The van der Waals surface area contributed by atoms with Crippen molar-refractivity contribution in [2.75, 3.05) is 26.3 Å². The number of nitrogens with one attached hydrogen (secondary N) is 2. The Hall–Kier alpha value is -2.67. The van der Waals surface area contributed by atoms with Crippen molar-refractivity contribution >= 4 is 23.0 Å². The molecule has 1 aliphatic carbocycles. The number of ether oxygens (including phenoxy) is 4. The molecule has 1 aliphatic heterocycles. The van der Waals surface area contributed by atoms with Gasteiger partial charge in [0.1, 0.15) is 0 Å². The summed E-state index contributed by atoms with van der Waals surface area (Å²) in [4.78, 5) is 0. The van der Waals surface area contributed by atoms with Gasteiger partial charge >= 0.3 is 0 Å². The molecule has 28 heavy (non-hydrogen) atoms. The Kier molecular flexibility index (Phi) is 5.17. The van der Waals surface area contributed by atoms with E-state index < -0.39 is 0 Å². The molecule has 0 aromatic heterocycles. The van der Waals surface area contributed by atoms with Crippen LogP contribution in [0.2, 0.25) is 0 Å². The molecule has 0 saturated heterocycles. The molecular formula is C21H24N2O4S. The van der Waals surface area contributed by atoms with E-state index in [2.05, 4.69) is 16.7 Å². The van der Waals surface area contributed by atoms with Crippen molar-refractivity contribution in [3.8, 4) is 23.0 Å². The van der Waals surface area contributed by atoms with Gasteiger partial charge in [-0.15, -0.1) is 0 Å². The van der Waals surface area contributed by atoms with Gasteiger partial charge < -0.3 is 29.6 Å². The van der Waals surface area contributed by atoms with Gasteiger partial charge in [0.15, 0.2) is 28.1 Å². The second-order valence-electron chi connectivity index (χ2n) is 7.01. The van der Waals surface area contributed by atoms with Crippen LogP contribution in [0.1, 0.15) is 31.2 Å². The summed E-state index contributed by atoms with van der Waals surface area (Å²) in [5.41, 5.74) is 1.79. The van der Waals surface area contributed by atoms with Gasteiger partial charge in [0.25, 0.3) is 0 Å². The molecule has 0 spiro atoms. The molecule has 0 radical (unpaired) electrons. The molecule has 0 unspecified atom stereocenters. The quantitative estimate of drug-likeness (QED) is 0.730. The second kappa shape index (κ2) is 7.75. The third-order valence-electron chi connectivity index (χ3n) is 5.38. The van der Waals surface area contributed by atoms with E-state index in [-0.39, 0.29) is 12.3 Å². The summed E-state index contributed by atoms with van der Waals surface area (Å²) in [5, 5.41) is 7.42. The molecule has 1 saturated carbocycles. The fourth-order valence-electron chi connectivity index (χ4n) is 3.95. The van der Waals surface area contributed by atoms with E-state index in [1.54, 1.807) is 14.2 Å². The van der Waals surface area contributed by atoms with Gasteiger partial charge in [0, 0.05) is 11.8 Å². The summed E-state index contributed by atoms with van der Waals surface area (Å²) >= 11 is 5.63. The highest BCUT2D eigenvalue weighted by Gasteiger charge is 2.37. The topological polar surface area (TPSA) is 61.0 Å². The average Bonchev–Trinajstić information content (AvgIpc) is 3.37. The summed E-state index contributed by atoms with van der Waals surface area (Å²) in [7, 11) is 3.30. The normalized spacial score (nSPS) is 16.5. The molecule has 4 rings (SSSR count). The van der Waals surface area contributed by atoms with E-state index in [0.717, 1.165) is 59.9 Å². The Morgan fingerprint density at radius 1 is 0.964 bits per heavy atom. The maximum absolute atomic E-state index is 5.63. The Bertz CT molecular complexity index is 881. The molecule has 2 aliphatic rings. The zero-order chi connectivity index (χ0) is 19.6. The lowest BCUT2D eigenvalue weighted by Crippen LogP contribution is -2.45. The summed E-state index contributed by atoms with van der Waals surface area (Å²) in [6.45, 7) is 0.254. The van der Waals surface area contributed by atoms with Crippen LogP contribution in [0.3, 0.4) is 0 Å². The van der Waals surface area contributed by atoms with Crippen LogP contribution in [-0.4, -0.2) is 26.1 Å². The molecule has 148 valence electrons. The molecule has 0 amide bonds. The van der Waals surface area contributed by atoms with E-state index >= 15 is 0 Å². The van der Waals surface area contributed by atoms with Gasteiger partial charge in [-0.2, -0.15) is 0 Å². The number of methoxy groups -OCH3 is 2. The van der Waals surface area contributed by atoms with Crippen LogP contribution in [0.15, 0.2) is 36.4 Å². The van der Waals surface area contributed by atoms with Gasteiger partial charge in [0.2, 0.25) is 6.79 Å². The molecule has 2 aromatic carbocycles. The van der Waals surface area contributed by atoms with Crippen molar-refractivity contribution in [1.29, 1.82) is 0 Å². The van der Waals surface area contributed by atoms with E-state index in [4.69, 9.17) is 31.2 Å². The second-order valence-corrected chi connectivity index (χ2v) is 7.41. The van der Waals surface area contributed by atoms with E-state index in [9.17, 15) is 0 Å². The van der Waals surface area contributed by atoms with Crippen LogP contribution in [0.25, 0.3) is 0 Å². The first kappa shape index (κ1) is 18.7. The largest absolute Gasteiger partial charge is 0.493 e. The molecule has 1 heterocycles. The predicted molar refractivity (Wildman–Crippen MR) is 112 cm³/mol. The lowest BCUT2D eigenvalue weighted by molar-refractivity contribution is 0.174. The maximum Gasteiger partial charge on any atom is 0.231 e. The van der Waals surface area contributed by atoms with Crippen LogP contribution in [0.4, 0.5) is 5.69 Å². The Morgan fingerprint density at radius 2 is 1.71 bits per heavy atom. The summed E-state index contributed by atoms with van der Waals surface area (Å²) < 4.78 is 21.7. The molecule has 2 aromatic rings. The summed E-state index contributed by atoms with van der Waals surface area (Å²) in [6.07, 6.45) is 4.30. The molecule has 7 heteroatoms. The highest BCUT2D eigenvalue weighted by atomic mass is 32.1. The van der Waals surface area contributed by atoms with Gasteiger partial charge in [0.05, 0.1) is 19.8 Å². The van der Waals surface area contributed by atoms with Crippen molar-refractivity contribution in [1.82, 2.24) is 5.32 Å². The number of benzene rings is 2. The highest BCUT2D eigenvalue weighted by molar-refractivity contribution is 7.80. The average molecular weight is 401 g/mol. The van der Waals surface area contributed by atoms with Crippen LogP contribution in [-0.2, 0) is 5.54 Å². The fraction of sp³-hybridized carbons (Fsp3) is 0.381. The van der Waals surface area contributed by atoms with Crippen LogP contribution in [0.5, 0.6) is 23.0 Å². The number of hydrogen-bond donors (Lipinski definition) is 2. The van der Waals surface area contributed by atoms with Gasteiger partial charge in [-0.05, 0) is 54.9 Å². The molecule has 2 N–H and O–H groups in total. The minimum Gasteiger partial charge on any atom is -0.493 e. The molecule has 1 fully saturated rings. The van der Waals surface area contributed by atoms with Crippen molar-refractivity contribution in [3.63, 3.8) is 0 Å². The number of hydrogen-bond acceptors (Lipinski definition) is 5. The molecule has 6 nitrogen and oxygen atoms in total. The van der Waals surface area contributed by atoms with Crippen molar-refractivity contribution < 1.29 is 18.9 Å². The summed E-state index contributed by atoms with van der Waals surface area (Å²) in [6, 6.07) is 11.8. The van der Waals surface area contributed by atoms with Crippen molar-refractivity contribution in [2.24, 2.45) is 0 Å². The standard InChI is InChI=1S/C21H24N2O4S/c1-24-16-7-5-14(11-18(16)25-2)21(9-3-4-10-21)23-20(28)22-15-6-8-17-19(12-15)27-13-26-17/h5-8,11-12H,3-4,9-10,13H2,1-2H3,(H2,22,23,28). The van der Waals surface area contributed by atoms with Gasteiger partial charge in [-0.3, -0.25) is 0 Å². The zero-order valence-electron chi connectivity index (χ0n) is 16.0. The fourth-order valence-corrected chi connectivity index (χ4v) is 4.27. The minimum atomic E-state index is -0.222. The van der Waals surface area contributed by atoms with E-state index in [1.165, 1.54) is 0 Å². The van der Waals surface area contributed by atoms with Crippen LogP contribution < -0.4 is 29.6 Å². The lowest BCUT2D eigenvalue weighted by atomic mass is 9.88. The monoisotopic (exact) mass is 400 g/mol. The molecule has 0 bridgehead atoms. The Morgan fingerprint density at radius 3 is 2.46 bits per heavy atom. The Labute approximate surface area is 170 Å². The lowest BCUT2D eigenvalue weighted by Gasteiger charge is -2.33. The molecule has 0 atom stereocenters. The van der Waals surface area contributed by atoms with Gasteiger partial charge in [-0.1, -0.05) is 18.9 Å². The van der Waals surface area contributed by atoms with Gasteiger partial charge in [-0.25, -0.2) is 0 Å². The highest BCUT2D eigenvalue weighted by Crippen LogP contribution is 2.42. The number of anilines is 1. The first-order valence-electron chi connectivity index (χ1n) is 9.35. The van der Waals surface area contributed by atoms with E-state index in [1.807, 2.05) is 30.3 Å². The Balaban J connectivity index is 1.54. The third kappa shape index (κ3) is 3.54. The third-order valence-corrected chi connectivity index (χ3v) is 5.58. The SMILES string of the molecule is COc1ccc(C2(NC(=S)Nc3ccc4c(c3)OCO4)CCCC2)cc1OC. The van der Waals surface area contributed by atoms with Crippen molar-refractivity contribution in [3.05, 3.63) is 42.0 Å². The van der Waals surface area contributed by atoms with Crippen LogP contribution >= 0.6 is 12.2 Å². The summed E-state index contributed by atoms with van der Waals surface area (Å²) in [5.74, 6) is 2.92. The van der Waals surface area contributed by atoms with E-state index in [0.29, 0.717) is 5.11 Å². The van der Waals surface area contributed by atoms with Crippen LogP contribution in [0, 0.1) is 0 Å². The smallest absolute Gasteiger partial charge is 0.231 e.